The van der Waals surface area contributed by atoms with E-state index in [9.17, 15) is 9.90 Å². The predicted octanol–water partition coefficient (Wildman–Crippen LogP) is 4.92. The van der Waals surface area contributed by atoms with Crippen LogP contribution in [0.4, 0.5) is 5.82 Å². The monoisotopic (exact) mass is 409 g/mol. The van der Waals surface area contributed by atoms with Gasteiger partial charge in [0.2, 0.25) is 0 Å². The number of aromatic nitrogens is 2. The van der Waals surface area contributed by atoms with E-state index in [0.717, 1.165) is 50.2 Å². The second kappa shape index (κ2) is 10.6. The average Bonchev–Trinajstić information content (AvgIpc) is 2.75. The Balaban J connectivity index is 1.63. The van der Waals surface area contributed by atoms with Crippen molar-refractivity contribution in [2.75, 3.05) is 18.0 Å². The lowest BCUT2D eigenvalue weighted by Gasteiger charge is -2.36. The minimum atomic E-state index is -0.672. The highest BCUT2D eigenvalue weighted by Gasteiger charge is 2.35. The number of carboxylic acids is 1. The van der Waals surface area contributed by atoms with E-state index in [0.29, 0.717) is 12.5 Å². The van der Waals surface area contributed by atoms with Gasteiger partial charge in [0, 0.05) is 31.2 Å². The molecular weight excluding hydrogens is 374 g/mol. The third-order valence-corrected chi connectivity index (χ3v) is 6.59. The van der Waals surface area contributed by atoms with Gasteiger partial charge >= 0.3 is 5.97 Å². The van der Waals surface area contributed by atoms with Crippen LogP contribution < -0.4 is 4.90 Å². The first kappa shape index (κ1) is 22.3. The van der Waals surface area contributed by atoms with E-state index in [1.54, 1.807) is 0 Å². The Kier molecular flexibility index (Phi) is 7.83. The Bertz CT molecular complexity index is 804. The zero-order chi connectivity index (χ0) is 21.5. The first-order valence-electron chi connectivity index (χ1n) is 11.3. The van der Waals surface area contributed by atoms with Gasteiger partial charge in [-0.15, -0.1) is 0 Å². The smallest absolute Gasteiger partial charge is 0.308 e. The van der Waals surface area contributed by atoms with Crippen molar-refractivity contribution < 1.29 is 9.90 Å². The topological polar surface area (TPSA) is 66.3 Å². The van der Waals surface area contributed by atoms with Crippen molar-refractivity contribution in [3.8, 4) is 0 Å². The fourth-order valence-corrected chi connectivity index (χ4v) is 4.63. The van der Waals surface area contributed by atoms with Crippen LogP contribution >= 0.6 is 0 Å². The lowest BCUT2D eigenvalue weighted by molar-refractivity contribution is -0.144. The van der Waals surface area contributed by atoms with Gasteiger partial charge in [-0.05, 0) is 68.2 Å². The molecule has 0 bridgehead atoms. The maximum atomic E-state index is 12.1. The van der Waals surface area contributed by atoms with Crippen molar-refractivity contribution in [1.29, 1.82) is 0 Å². The quantitative estimate of drug-likeness (QED) is 0.636. The number of pyridine rings is 2. The maximum Gasteiger partial charge on any atom is 0.308 e. The van der Waals surface area contributed by atoms with Crippen molar-refractivity contribution in [1.82, 2.24) is 9.97 Å². The molecule has 3 atom stereocenters. The number of aliphatic carboxylic acids is 1. The molecule has 1 aliphatic rings. The molecule has 5 heteroatoms. The van der Waals surface area contributed by atoms with Gasteiger partial charge < -0.3 is 10.0 Å². The normalized spacial score (nSPS) is 20.0. The van der Waals surface area contributed by atoms with Crippen LogP contribution in [0, 0.1) is 24.7 Å². The zero-order valence-electron chi connectivity index (χ0n) is 18.6. The van der Waals surface area contributed by atoms with E-state index in [2.05, 4.69) is 46.9 Å². The van der Waals surface area contributed by atoms with E-state index in [1.807, 2.05) is 25.4 Å². The van der Waals surface area contributed by atoms with Crippen molar-refractivity contribution in [2.24, 2.45) is 17.8 Å². The van der Waals surface area contributed by atoms with Crippen LogP contribution in [0.1, 0.15) is 56.4 Å². The Morgan fingerprint density at radius 3 is 2.53 bits per heavy atom. The number of carboxylic acid groups (broad SMARTS) is 1. The van der Waals surface area contributed by atoms with Crippen molar-refractivity contribution in [2.45, 2.75) is 59.3 Å². The first-order valence-corrected chi connectivity index (χ1v) is 11.3. The Hall–Kier alpha value is -2.43. The molecule has 2 aromatic heterocycles. The molecule has 0 aromatic carbocycles. The molecule has 2 aromatic rings. The van der Waals surface area contributed by atoms with Crippen molar-refractivity contribution in [3.05, 3.63) is 53.5 Å². The zero-order valence-corrected chi connectivity index (χ0v) is 18.6. The van der Waals surface area contributed by atoms with Gasteiger partial charge in [0.25, 0.3) is 0 Å². The van der Waals surface area contributed by atoms with E-state index < -0.39 is 5.97 Å². The van der Waals surface area contributed by atoms with Crippen LogP contribution in [0.5, 0.6) is 0 Å². The SMILES string of the molecule is CCN(CC(C(=O)O)C1CCCCC1C)c1ccc(CCc2ccc(C)cn2)cn1. The summed E-state index contributed by atoms with van der Waals surface area (Å²) in [6.07, 6.45) is 10.1. The van der Waals surface area contributed by atoms with Crippen LogP contribution in [0.2, 0.25) is 0 Å². The summed E-state index contributed by atoms with van der Waals surface area (Å²) in [5.41, 5.74) is 3.44. The Morgan fingerprint density at radius 1 is 1.13 bits per heavy atom. The number of aryl methyl sites for hydroxylation is 3. The largest absolute Gasteiger partial charge is 0.481 e. The van der Waals surface area contributed by atoms with Gasteiger partial charge in [0.15, 0.2) is 0 Å². The van der Waals surface area contributed by atoms with E-state index in [-0.39, 0.29) is 11.8 Å². The Morgan fingerprint density at radius 2 is 1.93 bits per heavy atom. The van der Waals surface area contributed by atoms with E-state index >= 15 is 0 Å². The molecule has 0 spiro atoms. The lowest BCUT2D eigenvalue weighted by Crippen LogP contribution is -2.40. The summed E-state index contributed by atoms with van der Waals surface area (Å²) >= 11 is 0. The van der Waals surface area contributed by atoms with Gasteiger partial charge in [0.05, 0.1) is 5.92 Å². The minimum Gasteiger partial charge on any atom is -0.481 e. The molecule has 0 radical (unpaired) electrons. The van der Waals surface area contributed by atoms with Crippen molar-refractivity contribution in [3.63, 3.8) is 0 Å². The Labute approximate surface area is 180 Å². The fraction of sp³-hybridized carbons (Fsp3) is 0.560. The molecular formula is C25H35N3O2. The highest BCUT2D eigenvalue weighted by molar-refractivity contribution is 5.71. The molecule has 0 saturated heterocycles. The van der Waals surface area contributed by atoms with Gasteiger partial charge in [0.1, 0.15) is 5.82 Å². The lowest BCUT2D eigenvalue weighted by atomic mass is 9.73. The number of hydrogen-bond acceptors (Lipinski definition) is 4. The summed E-state index contributed by atoms with van der Waals surface area (Å²) in [5.74, 6) is 0.587. The van der Waals surface area contributed by atoms with Crippen LogP contribution in [0.15, 0.2) is 36.7 Å². The molecule has 2 heterocycles. The van der Waals surface area contributed by atoms with Crippen LogP contribution in [-0.4, -0.2) is 34.1 Å². The molecule has 30 heavy (non-hydrogen) atoms. The third kappa shape index (κ3) is 5.80. The molecule has 1 fully saturated rings. The van der Waals surface area contributed by atoms with Crippen LogP contribution in [0.3, 0.4) is 0 Å². The summed E-state index contributed by atoms with van der Waals surface area (Å²) in [5, 5.41) is 9.92. The summed E-state index contributed by atoms with van der Waals surface area (Å²) in [7, 11) is 0. The number of carbonyl (C=O) groups is 1. The molecule has 162 valence electrons. The molecule has 0 amide bonds. The number of nitrogens with zero attached hydrogens (tertiary/aromatic N) is 3. The predicted molar refractivity (Wildman–Crippen MR) is 121 cm³/mol. The highest BCUT2D eigenvalue weighted by Crippen LogP contribution is 2.36. The molecule has 1 N–H and O–H groups in total. The number of anilines is 1. The fourth-order valence-electron chi connectivity index (χ4n) is 4.63. The average molecular weight is 410 g/mol. The molecule has 3 unspecified atom stereocenters. The van der Waals surface area contributed by atoms with Crippen LogP contribution in [0.25, 0.3) is 0 Å². The van der Waals surface area contributed by atoms with Gasteiger partial charge in [-0.3, -0.25) is 9.78 Å². The number of hydrogen-bond donors (Lipinski definition) is 1. The van der Waals surface area contributed by atoms with Crippen molar-refractivity contribution >= 4 is 11.8 Å². The second-order valence-corrected chi connectivity index (χ2v) is 8.76. The minimum absolute atomic E-state index is 0.256. The van der Waals surface area contributed by atoms with Gasteiger partial charge in [-0.1, -0.05) is 38.3 Å². The third-order valence-electron chi connectivity index (χ3n) is 6.59. The standard InChI is InChI=1S/C25H35N3O2/c1-4-28(17-23(25(29)30)22-8-6-5-7-19(22)3)24-14-11-20(16-27-24)10-13-21-12-9-18(2)15-26-21/h9,11-12,14-16,19,22-23H,4-8,10,13,17H2,1-3H3,(H,29,30). The van der Waals surface area contributed by atoms with E-state index in [1.165, 1.54) is 17.5 Å². The van der Waals surface area contributed by atoms with Gasteiger partial charge in [-0.2, -0.15) is 0 Å². The molecule has 5 nitrogen and oxygen atoms in total. The van der Waals surface area contributed by atoms with Crippen LogP contribution in [-0.2, 0) is 17.6 Å². The first-order chi connectivity index (χ1) is 14.5. The maximum absolute atomic E-state index is 12.1. The molecule has 3 rings (SSSR count). The molecule has 0 aliphatic heterocycles. The second-order valence-electron chi connectivity index (χ2n) is 8.76. The number of rotatable bonds is 9. The summed E-state index contributed by atoms with van der Waals surface area (Å²) < 4.78 is 0. The summed E-state index contributed by atoms with van der Waals surface area (Å²) in [6, 6.07) is 8.31. The molecule has 1 saturated carbocycles. The van der Waals surface area contributed by atoms with Gasteiger partial charge in [-0.25, -0.2) is 4.98 Å². The van der Waals surface area contributed by atoms with E-state index in [4.69, 9.17) is 0 Å². The summed E-state index contributed by atoms with van der Waals surface area (Å²) in [4.78, 5) is 23.3. The highest BCUT2D eigenvalue weighted by atomic mass is 16.4. The molecule has 1 aliphatic carbocycles. The summed E-state index contributed by atoms with van der Waals surface area (Å²) in [6.45, 7) is 7.61.